The number of hydrogen-bond donors (Lipinski definition) is 1. The molecule has 230 valence electrons. The van der Waals surface area contributed by atoms with Gasteiger partial charge in [0.1, 0.15) is 11.8 Å². The number of aromatic nitrogens is 1. The molecule has 1 aromatic heterocycles. The standard InChI is InChI=1S/C31H22BrCl2N3O6S2/c1-2-43-30(41)15-6-10-17(11-7-15)35-21(38)14-36-29-26(45-31(36)42)22(19-4-3-5-20(33)24(19)34)23-25(44-29)28(40)37(27(23)39)18-12-8-16(32)9-13-18/h3-13,22-23,25H,2,14H2,1H3,(H,35,38)/t22-,23?,25?/m1/s1. The average Bonchev–Trinajstić information content (AvgIpc) is 3.46. The molecule has 6 rings (SSSR count). The second kappa shape index (κ2) is 12.8. The maximum Gasteiger partial charge on any atom is 0.338 e. The molecule has 3 amide bonds. The Morgan fingerprint density at radius 1 is 0.978 bits per heavy atom. The van der Waals surface area contributed by atoms with Crippen molar-refractivity contribution in [3.05, 3.63) is 107 Å². The van der Waals surface area contributed by atoms with Crippen molar-refractivity contribution in [2.24, 2.45) is 5.92 Å². The Kier molecular flexibility index (Phi) is 8.95. The number of benzene rings is 3. The third kappa shape index (κ3) is 5.85. The van der Waals surface area contributed by atoms with Crippen molar-refractivity contribution < 1.29 is 23.9 Å². The van der Waals surface area contributed by atoms with Gasteiger partial charge in [-0.25, -0.2) is 9.69 Å². The highest BCUT2D eigenvalue weighted by atomic mass is 79.9. The molecule has 3 atom stereocenters. The molecule has 0 saturated carbocycles. The summed E-state index contributed by atoms with van der Waals surface area (Å²) in [7, 11) is 0. The summed E-state index contributed by atoms with van der Waals surface area (Å²) in [5, 5.41) is 2.77. The Bertz CT molecular complexity index is 1910. The van der Waals surface area contributed by atoms with Gasteiger partial charge in [0.15, 0.2) is 0 Å². The molecule has 3 aromatic carbocycles. The highest BCUT2D eigenvalue weighted by Crippen LogP contribution is 2.55. The van der Waals surface area contributed by atoms with Crippen LogP contribution in [0.2, 0.25) is 10.0 Å². The van der Waals surface area contributed by atoms with Gasteiger partial charge in [0, 0.05) is 21.0 Å². The van der Waals surface area contributed by atoms with Crippen LogP contribution in [0.5, 0.6) is 0 Å². The fourth-order valence-corrected chi connectivity index (χ4v) is 8.90. The molecule has 1 saturated heterocycles. The van der Waals surface area contributed by atoms with Crippen molar-refractivity contribution in [1.82, 2.24) is 4.57 Å². The van der Waals surface area contributed by atoms with Crippen molar-refractivity contribution in [3.8, 4) is 0 Å². The number of halogens is 3. The minimum atomic E-state index is -0.882. The van der Waals surface area contributed by atoms with Crippen LogP contribution in [0.15, 0.2) is 81.0 Å². The first-order chi connectivity index (χ1) is 21.6. The summed E-state index contributed by atoms with van der Waals surface area (Å²) >= 11 is 18.5. The number of imide groups is 1. The highest BCUT2D eigenvalue weighted by Gasteiger charge is 2.57. The second-order valence-corrected chi connectivity index (χ2v) is 14.0. The zero-order valence-corrected chi connectivity index (χ0v) is 28.0. The van der Waals surface area contributed by atoms with Gasteiger partial charge in [0.05, 0.1) is 38.8 Å². The van der Waals surface area contributed by atoms with Crippen LogP contribution in [0.1, 0.15) is 33.6 Å². The van der Waals surface area contributed by atoms with Crippen molar-refractivity contribution in [3.63, 3.8) is 0 Å². The molecule has 45 heavy (non-hydrogen) atoms. The lowest BCUT2D eigenvalue weighted by molar-refractivity contribution is -0.122. The van der Waals surface area contributed by atoms with E-state index in [1.54, 1.807) is 61.5 Å². The molecule has 0 radical (unpaired) electrons. The van der Waals surface area contributed by atoms with Gasteiger partial charge in [-0.2, -0.15) is 0 Å². The molecule has 0 aliphatic carbocycles. The fourth-order valence-electron chi connectivity index (χ4n) is 5.44. The first-order valence-corrected chi connectivity index (χ1v) is 16.9. The van der Waals surface area contributed by atoms with E-state index in [2.05, 4.69) is 21.2 Å². The van der Waals surface area contributed by atoms with Gasteiger partial charge in [0.2, 0.25) is 17.7 Å². The summed E-state index contributed by atoms with van der Waals surface area (Å²) in [5.41, 5.74) is 1.69. The van der Waals surface area contributed by atoms with Crippen molar-refractivity contribution in [1.29, 1.82) is 0 Å². The number of thiazole rings is 1. The maximum absolute atomic E-state index is 14.0. The highest BCUT2D eigenvalue weighted by molar-refractivity contribution is 9.10. The number of ether oxygens (including phenoxy) is 1. The quantitative estimate of drug-likeness (QED) is 0.168. The van der Waals surface area contributed by atoms with Crippen molar-refractivity contribution in [2.75, 3.05) is 16.8 Å². The van der Waals surface area contributed by atoms with E-state index in [4.69, 9.17) is 27.9 Å². The lowest BCUT2D eigenvalue weighted by atomic mass is 9.83. The van der Waals surface area contributed by atoms with Gasteiger partial charge in [-0.3, -0.25) is 23.7 Å². The van der Waals surface area contributed by atoms with E-state index in [0.29, 0.717) is 32.4 Å². The van der Waals surface area contributed by atoms with E-state index in [9.17, 15) is 24.0 Å². The Labute approximate surface area is 283 Å². The third-order valence-corrected chi connectivity index (χ3v) is 11.4. The predicted molar refractivity (Wildman–Crippen MR) is 178 cm³/mol. The predicted octanol–water partition coefficient (Wildman–Crippen LogP) is 6.59. The molecular weight excluding hydrogens is 725 g/mol. The third-order valence-electron chi connectivity index (χ3n) is 7.43. The Balaban J connectivity index is 1.36. The summed E-state index contributed by atoms with van der Waals surface area (Å²) in [5.74, 6) is -3.44. The molecule has 2 aliphatic heterocycles. The molecule has 9 nitrogen and oxygen atoms in total. The van der Waals surface area contributed by atoms with E-state index in [1.165, 1.54) is 21.6 Å². The number of carbonyl (C=O) groups is 4. The monoisotopic (exact) mass is 745 g/mol. The lowest BCUT2D eigenvalue weighted by Gasteiger charge is -2.31. The summed E-state index contributed by atoms with van der Waals surface area (Å²) in [4.78, 5) is 67.7. The molecular formula is C31H22BrCl2N3O6S2. The SMILES string of the molecule is CCOC(=O)c1ccc(NC(=O)Cn2c3c(sc2=O)[C@H](c2cccc(Cl)c2Cl)C2C(=O)N(c4ccc(Br)cc4)C(=O)C2S3)cc1. The molecule has 14 heteroatoms. The number of rotatable bonds is 7. The number of hydrogen-bond acceptors (Lipinski definition) is 8. The van der Waals surface area contributed by atoms with Gasteiger partial charge in [-0.15, -0.1) is 0 Å². The second-order valence-electron chi connectivity index (χ2n) is 10.1. The molecule has 1 fully saturated rings. The Morgan fingerprint density at radius 3 is 2.38 bits per heavy atom. The van der Waals surface area contributed by atoms with Crippen LogP contribution in [0.25, 0.3) is 0 Å². The van der Waals surface area contributed by atoms with Crippen LogP contribution in [-0.2, 0) is 25.7 Å². The summed E-state index contributed by atoms with van der Waals surface area (Å²) in [6.07, 6.45) is 0. The number of carbonyl (C=O) groups excluding carboxylic acids is 4. The molecule has 3 heterocycles. The molecule has 2 unspecified atom stereocenters. The maximum atomic E-state index is 14.0. The Morgan fingerprint density at radius 2 is 1.69 bits per heavy atom. The van der Waals surface area contributed by atoms with E-state index in [-0.39, 0.29) is 23.2 Å². The van der Waals surface area contributed by atoms with Crippen LogP contribution in [0.4, 0.5) is 11.4 Å². The summed E-state index contributed by atoms with van der Waals surface area (Å²) < 4.78 is 7.09. The first kappa shape index (κ1) is 31.6. The van der Waals surface area contributed by atoms with Crippen LogP contribution in [0, 0.1) is 5.92 Å². The van der Waals surface area contributed by atoms with Crippen LogP contribution in [-0.4, -0.2) is 40.1 Å². The van der Waals surface area contributed by atoms with E-state index >= 15 is 0 Å². The minimum absolute atomic E-state index is 0.222. The van der Waals surface area contributed by atoms with E-state index < -0.39 is 45.6 Å². The zero-order chi connectivity index (χ0) is 32.0. The van der Waals surface area contributed by atoms with Crippen LogP contribution >= 0.6 is 62.2 Å². The smallest absolute Gasteiger partial charge is 0.338 e. The molecule has 0 spiro atoms. The molecule has 4 aromatic rings. The number of amides is 3. The number of anilines is 2. The zero-order valence-electron chi connectivity index (χ0n) is 23.3. The number of thioether (sulfide) groups is 1. The summed E-state index contributed by atoms with van der Waals surface area (Å²) in [6, 6.07) is 18.1. The van der Waals surface area contributed by atoms with Crippen molar-refractivity contribution in [2.45, 2.75) is 29.7 Å². The Hall–Kier alpha value is -3.42. The largest absolute Gasteiger partial charge is 0.462 e. The van der Waals surface area contributed by atoms with Gasteiger partial charge in [-0.05, 0) is 67.1 Å². The summed E-state index contributed by atoms with van der Waals surface area (Å²) in [6.45, 7) is 1.60. The number of esters is 1. The average molecular weight is 747 g/mol. The van der Waals surface area contributed by atoms with Crippen LogP contribution in [0.3, 0.4) is 0 Å². The van der Waals surface area contributed by atoms with Crippen molar-refractivity contribution >= 4 is 97.3 Å². The molecule has 2 aliphatic rings. The minimum Gasteiger partial charge on any atom is -0.462 e. The van der Waals surface area contributed by atoms with Gasteiger partial charge in [0.25, 0.3) is 0 Å². The van der Waals surface area contributed by atoms with E-state index in [1.807, 2.05) is 0 Å². The van der Waals surface area contributed by atoms with Gasteiger partial charge < -0.3 is 10.1 Å². The topological polar surface area (TPSA) is 115 Å². The molecule has 0 bridgehead atoms. The number of fused-ring (bicyclic) bond motifs is 2. The number of nitrogens with zero attached hydrogens (tertiary/aromatic N) is 2. The first-order valence-electron chi connectivity index (χ1n) is 13.6. The van der Waals surface area contributed by atoms with E-state index in [0.717, 1.165) is 27.6 Å². The fraction of sp³-hybridized carbons (Fsp3) is 0.194. The molecule has 1 N–H and O–H groups in total. The van der Waals surface area contributed by atoms with Gasteiger partial charge >= 0.3 is 10.8 Å². The van der Waals surface area contributed by atoms with Crippen LogP contribution < -0.4 is 15.1 Å². The number of nitrogens with one attached hydrogen (secondary N) is 1. The normalized spacial score (nSPS) is 18.8. The lowest BCUT2D eigenvalue weighted by Crippen LogP contribution is -2.33. The van der Waals surface area contributed by atoms with Gasteiger partial charge in [-0.1, -0.05) is 74.4 Å².